The van der Waals surface area contributed by atoms with Gasteiger partial charge >= 0.3 is 0 Å². The van der Waals surface area contributed by atoms with Gasteiger partial charge in [0.1, 0.15) is 0 Å². The van der Waals surface area contributed by atoms with Crippen LogP contribution >= 0.6 is 11.6 Å². The minimum Gasteiger partial charge on any atom is -0.399 e. The molecule has 3 N–H and O–H groups in total. The highest BCUT2D eigenvalue weighted by Gasteiger charge is 2.14. The van der Waals surface area contributed by atoms with E-state index in [2.05, 4.69) is 11.4 Å². The topological polar surface area (TPSA) is 82.2 Å². The number of halogens is 1. The van der Waals surface area contributed by atoms with Crippen LogP contribution in [-0.2, 0) is 4.79 Å². The SMILES string of the molecule is CC(C)N(CCC#N)CC(=O)Nc1cc(N)ccc1Cl. The van der Waals surface area contributed by atoms with Gasteiger partial charge in [0, 0.05) is 24.7 Å². The van der Waals surface area contributed by atoms with Crippen molar-refractivity contribution in [2.24, 2.45) is 0 Å². The summed E-state index contributed by atoms with van der Waals surface area (Å²) in [5.41, 5.74) is 6.70. The molecule has 108 valence electrons. The monoisotopic (exact) mass is 294 g/mol. The lowest BCUT2D eigenvalue weighted by Gasteiger charge is -2.24. The number of amides is 1. The van der Waals surface area contributed by atoms with E-state index in [1.807, 2.05) is 18.7 Å². The van der Waals surface area contributed by atoms with Gasteiger partial charge in [-0.1, -0.05) is 11.6 Å². The standard InChI is InChI=1S/C14H19ClN4O/c1-10(2)19(7-3-6-16)9-14(20)18-13-8-11(17)4-5-12(13)15/h4-5,8,10H,3,7,9,17H2,1-2H3,(H,18,20). The van der Waals surface area contributed by atoms with Crippen LogP contribution in [0, 0.1) is 11.3 Å². The first-order valence-electron chi connectivity index (χ1n) is 6.40. The molecule has 0 atom stereocenters. The number of hydrogen-bond acceptors (Lipinski definition) is 4. The van der Waals surface area contributed by atoms with Gasteiger partial charge in [-0.2, -0.15) is 5.26 Å². The van der Waals surface area contributed by atoms with Crippen LogP contribution in [0.3, 0.4) is 0 Å². The first kappa shape index (κ1) is 16.3. The van der Waals surface area contributed by atoms with E-state index in [0.717, 1.165) is 0 Å². The first-order valence-corrected chi connectivity index (χ1v) is 6.77. The molecule has 0 fully saturated rings. The smallest absolute Gasteiger partial charge is 0.238 e. The van der Waals surface area contributed by atoms with Gasteiger partial charge in [-0.05, 0) is 32.0 Å². The number of nitrogens with one attached hydrogen (secondary N) is 1. The van der Waals surface area contributed by atoms with Gasteiger partial charge in [-0.25, -0.2) is 0 Å². The minimum atomic E-state index is -0.177. The Kier molecular flexibility index (Phi) is 6.29. The van der Waals surface area contributed by atoms with E-state index in [4.69, 9.17) is 22.6 Å². The van der Waals surface area contributed by atoms with Crippen LogP contribution in [0.15, 0.2) is 18.2 Å². The van der Waals surface area contributed by atoms with Crippen molar-refractivity contribution in [1.29, 1.82) is 5.26 Å². The number of carbonyl (C=O) groups excluding carboxylic acids is 1. The molecule has 0 unspecified atom stereocenters. The molecule has 5 nitrogen and oxygen atoms in total. The molecule has 6 heteroatoms. The highest BCUT2D eigenvalue weighted by molar-refractivity contribution is 6.33. The molecule has 0 bridgehead atoms. The Labute approximate surface area is 124 Å². The lowest BCUT2D eigenvalue weighted by molar-refractivity contribution is -0.117. The molecule has 0 radical (unpaired) electrons. The van der Waals surface area contributed by atoms with Crippen molar-refractivity contribution in [3.05, 3.63) is 23.2 Å². The Morgan fingerprint density at radius 1 is 1.55 bits per heavy atom. The van der Waals surface area contributed by atoms with E-state index in [-0.39, 0.29) is 18.5 Å². The Morgan fingerprint density at radius 2 is 2.25 bits per heavy atom. The molecule has 0 aliphatic rings. The lowest BCUT2D eigenvalue weighted by atomic mass is 10.2. The van der Waals surface area contributed by atoms with Gasteiger partial charge in [0.15, 0.2) is 0 Å². The molecule has 0 spiro atoms. The average molecular weight is 295 g/mol. The molecule has 0 heterocycles. The molecule has 1 amide bonds. The number of carbonyl (C=O) groups is 1. The Bertz CT molecular complexity index is 510. The lowest BCUT2D eigenvalue weighted by Crippen LogP contribution is -2.38. The van der Waals surface area contributed by atoms with Crippen molar-refractivity contribution in [3.8, 4) is 6.07 Å². The number of benzene rings is 1. The molecular weight excluding hydrogens is 276 g/mol. The summed E-state index contributed by atoms with van der Waals surface area (Å²) in [6.45, 7) is 4.74. The van der Waals surface area contributed by atoms with Gasteiger partial charge in [0.05, 0.1) is 23.3 Å². The number of anilines is 2. The van der Waals surface area contributed by atoms with Crippen molar-refractivity contribution < 1.29 is 4.79 Å². The summed E-state index contributed by atoms with van der Waals surface area (Å²) in [6, 6.07) is 7.20. The highest BCUT2D eigenvalue weighted by Crippen LogP contribution is 2.23. The van der Waals surface area contributed by atoms with E-state index in [1.165, 1.54) is 0 Å². The number of nitrogens with zero attached hydrogens (tertiary/aromatic N) is 2. The maximum absolute atomic E-state index is 12.0. The van der Waals surface area contributed by atoms with Crippen LogP contribution in [0.25, 0.3) is 0 Å². The van der Waals surface area contributed by atoms with Crippen molar-refractivity contribution in [2.75, 3.05) is 24.1 Å². The quantitative estimate of drug-likeness (QED) is 0.790. The summed E-state index contributed by atoms with van der Waals surface area (Å²) < 4.78 is 0. The second-order valence-electron chi connectivity index (χ2n) is 4.76. The summed E-state index contributed by atoms with van der Waals surface area (Å²) in [6.07, 6.45) is 0.393. The number of nitrogens with two attached hydrogens (primary N) is 1. The zero-order valence-electron chi connectivity index (χ0n) is 11.7. The van der Waals surface area contributed by atoms with Crippen LogP contribution in [0.2, 0.25) is 5.02 Å². The van der Waals surface area contributed by atoms with Crippen molar-refractivity contribution in [1.82, 2.24) is 4.90 Å². The third kappa shape index (κ3) is 5.08. The number of rotatable bonds is 6. The van der Waals surface area contributed by atoms with E-state index in [1.54, 1.807) is 18.2 Å². The number of hydrogen-bond donors (Lipinski definition) is 2. The fourth-order valence-electron chi connectivity index (χ4n) is 1.73. The van der Waals surface area contributed by atoms with E-state index >= 15 is 0 Å². The van der Waals surface area contributed by atoms with Gasteiger partial charge in [-0.3, -0.25) is 9.69 Å². The molecular formula is C14H19ClN4O. The normalized spacial score (nSPS) is 10.6. The Morgan fingerprint density at radius 3 is 2.85 bits per heavy atom. The molecule has 0 saturated carbocycles. The van der Waals surface area contributed by atoms with Gasteiger partial charge in [-0.15, -0.1) is 0 Å². The molecule has 20 heavy (non-hydrogen) atoms. The largest absolute Gasteiger partial charge is 0.399 e. The molecule has 1 aromatic rings. The Balaban J connectivity index is 2.66. The maximum atomic E-state index is 12.0. The summed E-state index contributed by atoms with van der Waals surface area (Å²) in [7, 11) is 0. The molecule has 1 rings (SSSR count). The number of nitrogen functional groups attached to an aromatic ring is 1. The average Bonchev–Trinajstić information content (AvgIpc) is 2.38. The van der Waals surface area contributed by atoms with Crippen LogP contribution in [-0.4, -0.2) is 29.9 Å². The molecule has 0 aromatic heterocycles. The molecule has 0 aliphatic heterocycles. The molecule has 1 aromatic carbocycles. The van der Waals surface area contributed by atoms with E-state index in [0.29, 0.717) is 29.4 Å². The van der Waals surface area contributed by atoms with Gasteiger partial charge in [0.25, 0.3) is 0 Å². The zero-order valence-corrected chi connectivity index (χ0v) is 12.4. The second kappa shape index (κ2) is 7.73. The van der Waals surface area contributed by atoms with Gasteiger partial charge in [0.2, 0.25) is 5.91 Å². The fourth-order valence-corrected chi connectivity index (χ4v) is 1.89. The van der Waals surface area contributed by atoms with Crippen LogP contribution in [0.4, 0.5) is 11.4 Å². The summed E-state index contributed by atoms with van der Waals surface area (Å²) in [5, 5.41) is 11.8. The minimum absolute atomic E-state index is 0.177. The third-order valence-corrected chi connectivity index (χ3v) is 3.18. The maximum Gasteiger partial charge on any atom is 0.238 e. The summed E-state index contributed by atoms with van der Waals surface area (Å²) in [5.74, 6) is -0.177. The highest BCUT2D eigenvalue weighted by atomic mass is 35.5. The van der Waals surface area contributed by atoms with Crippen LogP contribution in [0.5, 0.6) is 0 Å². The van der Waals surface area contributed by atoms with Crippen molar-refractivity contribution >= 4 is 28.9 Å². The fraction of sp³-hybridized carbons (Fsp3) is 0.429. The molecule has 0 aliphatic carbocycles. The van der Waals surface area contributed by atoms with E-state index in [9.17, 15) is 4.79 Å². The summed E-state index contributed by atoms with van der Waals surface area (Å²) >= 11 is 6.00. The zero-order chi connectivity index (χ0) is 15.1. The first-order chi connectivity index (χ1) is 9.43. The predicted octanol–water partition coefficient (Wildman–Crippen LogP) is 2.48. The molecule has 0 saturated heterocycles. The van der Waals surface area contributed by atoms with E-state index < -0.39 is 0 Å². The van der Waals surface area contributed by atoms with Crippen LogP contribution < -0.4 is 11.1 Å². The summed E-state index contributed by atoms with van der Waals surface area (Å²) in [4.78, 5) is 13.9. The third-order valence-electron chi connectivity index (χ3n) is 2.85. The Hall–Kier alpha value is -1.77. The van der Waals surface area contributed by atoms with Gasteiger partial charge < -0.3 is 11.1 Å². The van der Waals surface area contributed by atoms with Crippen LogP contribution in [0.1, 0.15) is 20.3 Å². The predicted molar refractivity (Wildman–Crippen MR) is 81.4 cm³/mol. The second-order valence-corrected chi connectivity index (χ2v) is 5.17. The van der Waals surface area contributed by atoms with Crippen molar-refractivity contribution in [2.45, 2.75) is 26.3 Å². The number of nitriles is 1. The van der Waals surface area contributed by atoms with Crippen molar-refractivity contribution in [3.63, 3.8) is 0 Å².